The van der Waals surface area contributed by atoms with Crippen LogP contribution in [0, 0.1) is 0 Å². The minimum Gasteiger partial charge on any atom is -0.493 e. The number of ketones is 1. The van der Waals surface area contributed by atoms with Crippen LogP contribution in [0.1, 0.15) is 16.1 Å². The average molecular weight is 369 g/mol. The first kappa shape index (κ1) is 17.4. The van der Waals surface area contributed by atoms with Crippen LogP contribution >= 0.6 is 23.2 Å². The number of nitrogens with zero attached hydrogens (tertiary/aromatic N) is 2. The minimum atomic E-state index is -4.89. The van der Waals surface area contributed by atoms with Gasteiger partial charge in [0.15, 0.2) is 12.3 Å². The van der Waals surface area contributed by atoms with Gasteiger partial charge in [0.25, 0.3) is 0 Å². The highest BCUT2D eigenvalue weighted by atomic mass is 35.5. The molecule has 0 aliphatic rings. The van der Waals surface area contributed by atoms with Gasteiger partial charge in [0.05, 0.1) is 5.02 Å². The lowest BCUT2D eigenvalue weighted by molar-refractivity contribution is -0.141. The van der Waals surface area contributed by atoms with E-state index in [1.807, 2.05) is 0 Å². The molecule has 0 aliphatic heterocycles. The molecule has 0 saturated heterocycles. The van der Waals surface area contributed by atoms with E-state index in [4.69, 9.17) is 27.9 Å². The minimum absolute atomic E-state index is 0.0707. The Morgan fingerprint density at radius 3 is 2.61 bits per heavy atom. The maximum Gasteiger partial charge on any atom is 0.436 e. The van der Waals surface area contributed by atoms with Gasteiger partial charge in [-0.3, -0.25) is 4.79 Å². The van der Waals surface area contributed by atoms with Gasteiger partial charge in [0.1, 0.15) is 11.3 Å². The number of aromatic nitrogens is 2. The standard InChI is InChI=1S/C13H9Cl2F3N2O3/c1-20-12(22)10(11(19-20)13(16,17)18)8(21)5-23-9-3-2-6(14)4-7(9)15/h2-4,22H,5H2,1H3. The maximum atomic E-state index is 12.9. The van der Waals surface area contributed by atoms with Crippen LogP contribution in [0.25, 0.3) is 0 Å². The second-order valence-corrected chi connectivity index (χ2v) is 5.30. The Labute approximate surface area is 138 Å². The molecule has 0 bridgehead atoms. The molecule has 1 N–H and O–H groups in total. The summed E-state index contributed by atoms with van der Waals surface area (Å²) in [5, 5.41) is 13.2. The van der Waals surface area contributed by atoms with Crippen molar-refractivity contribution in [1.29, 1.82) is 0 Å². The Kier molecular flexibility index (Phi) is 4.76. The highest BCUT2D eigenvalue weighted by Gasteiger charge is 2.41. The first-order chi connectivity index (χ1) is 10.6. The van der Waals surface area contributed by atoms with Gasteiger partial charge in [-0.05, 0) is 18.2 Å². The van der Waals surface area contributed by atoms with Gasteiger partial charge in [0, 0.05) is 12.1 Å². The van der Waals surface area contributed by atoms with E-state index < -0.39 is 35.7 Å². The molecule has 10 heteroatoms. The molecule has 2 aromatic rings. The Morgan fingerprint density at radius 1 is 1.39 bits per heavy atom. The fourth-order valence-electron chi connectivity index (χ4n) is 1.78. The molecule has 0 fully saturated rings. The molecular weight excluding hydrogens is 360 g/mol. The molecule has 124 valence electrons. The highest BCUT2D eigenvalue weighted by Crippen LogP contribution is 2.35. The summed E-state index contributed by atoms with van der Waals surface area (Å²) in [6.07, 6.45) is -4.89. The van der Waals surface area contributed by atoms with Crippen molar-refractivity contribution in [2.75, 3.05) is 6.61 Å². The third kappa shape index (κ3) is 3.70. The molecule has 5 nitrogen and oxygen atoms in total. The predicted octanol–water partition coefficient (Wildman–Crippen LogP) is 3.71. The number of alkyl halides is 3. The monoisotopic (exact) mass is 368 g/mol. The number of aryl methyl sites for hydroxylation is 1. The van der Waals surface area contributed by atoms with Crippen molar-refractivity contribution in [3.05, 3.63) is 39.5 Å². The Bertz CT molecular complexity index is 760. The van der Waals surface area contributed by atoms with Crippen LogP contribution in [-0.2, 0) is 13.2 Å². The second kappa shape index (κ2) is 6.29. The van der Waals surface area contributed by atoms with Gasteiger partial charge in [0.2, 0.25) is 11.7 Å². The van der Waals surface area contributed by atoms with E-state index >= 15 is 0 Å². The van der Waals surface area contributed by atoms with Gasteiger partial charge >= 0.3 is 6.18 Å². The van der Waals surface area contributed by atoms with Gasteiger partial charge < -0.3 is 9.84 Å². The number of hydrogen-bond donors (Lipinski definition) is 1. The summed E-state index contributed by atoms with van der Waals surface area (Å²) in [5.74, 6) is -1.91. The fourth-order valence-corrected chi connectivity index (χ4v) is 2.24. The fraction of sp³-hybridized carbons (Fsp3) is 0.231. The lowest BCUT2D eigenvalue weighted by atomic mass is 10.1. The number of ether oxygens (including phenoxy) is 1. The van der Waals surface area contributed by atoms with Crippen molar-refractivity contribution in [2.45, 2.75) is 6.18 Å². The zero-order valence-electron chi connectivity index (χ0n) is 11.5. The molecule has 0 saturated carbocycles. The number of benzene rings is 1. The second-order valence-electron chi connectivity index (χ2n) is 4.46. The quantitative estimate of drug-likeness (QED) is 0.835. The molecule has 0 aliphatic carbocycles. The molecule has 1 aromatic heterocycles. The van der Waals surface area contributed by atoms with Crippen molar-refractivity contribution in [1.82, 2.24) is 9.78 Å². The SMILES string of the molecule is Cn1nc(C(F)(F)F)c(C(=O)COc2ccc(Cl)cc2Cl)c1O. The van der Waals surface area contributed by atoms with Crippen molar-refractivity contribution in [2.24, 2.45) is 7.05 Å². The van der Waals surface area contributed by atoms with E-state index in [1.165, 1.54) is 18.2 Å². The highest BCUT2D eigenvalue weighted by molar-refractivity contribution is 6.35. The Hall–Kier alpha value is -1.93. The first-order valence-corrected chi connectivity index (χ1v) is 6.81. The van der Waals surface area contributed by atoms with Crippen molar-refractivity contribution >= 4 is 29.0 Å². The molecule has 1 heterocycles. The number of carbonyl (C=O) groups excluding carboxylic acids is 1. The van der Waals surface area contributed by atoms with Crippen LogP contribution in [0.2, 0.25) is 10.0 Å². The van der Waals surface area contributed by atoms with E-state index in [1.54, 1.807) is 0 Å². The molecule has 0 radical (unpaired) electrons. The zero-order chi connectivity index (χ0) is 17.4. The van der Waals surface area contributed by atoms with E-state index in [-0.39, 0.29) is 10.8 Å². The van der Waals surface area contributed by atoms with Crippen molar-refractivity contribution < 1.29 is 27.8 Å². The summed E-state index contributed by atoms with van der Waals surface area (Å²) >= 11 is 11.5. The van der Waals surface area contributed by atoms with Crippen LogP contribution < -0.4 is 4.74 Å². The summed E-state index contributed by atoms with van der Waals surface area (Å²) in [6, 6.07) is 4.16. The summed E-state index contributed by atoms with van der Waals surface area (Å²) < 4.78 is 44.2. The molecular formula is C13H9Cl2F3N2O3. The Morgan fingerprint density at radius 2 is 2.04 bits per heavy atom. The zero-order valence-corrected chi connectivity index (χ0v) is 13.0. The van der Waals surface area contributed by atoms with Crippen molar-refractivity contribution in [3.63, 3.8) is 0 Å². The van der Waals surface area contributed by atoms with Crippen molar-refractivity contribution in [3.8, 4) is 11.6 Å². The summed E-state index contributed by atoms with van der Waals surface area (Å²) in [7, 11) is 1.08. The summed E-state index contributed by atoms with van der Waals surface area (Å²) in [6.45, 7) is -0.760. The Balaban J connectivity index is 2.25. The van der Waals surface area contributed by atoms with Gasteiger partial charge in [-0.25, -0.2) is 4.68 Å². The smallest absolute Gasteiger partial charge is 0.436 e. The average Bonchev–Trinajstić information content (AvgIpc) is 2.74. The van der Waals surface area contributed by atoms with E-state index in [0.29, 0.717) is 9.70 Å². The van der Waals surface area contributed by atoms with Crippen LogP contribution in [-0.4, -0.2) is 27.3 Å². The predicted molar refractivity (Wildman–Crippen MR) is 76.2 cm³/mol. The number of aromatic hydroxyl groups is 1. The van der Waals surface area contributed by atoms with E-state index in [2.05, 4.69) is 5.10 Å². The molecule has 1 aromatic carbocycles. The van der Waals surface area contributed by atoms with E-state index in [0.717, 1.165) is 7.05 Å². The number of Topliss-reactive ketones (excluding diaryl/α,β-unsaturated/α-hetero) is 1. The summed E-state index contributed by atoms with van der Waals surface area (Å²) in [4.78, 5) is 12.0. The van der Waals surface area contributed by atoms with Crippen LogP contribution in [0.4, 0.5) is 13.2 Å². The normalized spacial score (nSPS) is 11.6. The third-order valence-corrected chi connectivity index (χ3v) is 3.35. The first-order valence-electron chi connectivity index (χ1n) is 6.05. The van der Waals surface area contributed by atoms with Gasteiger partial charge in [-0.15, -0.1) is 0 Å². The number of halogens is 5. The molecule has 23 heavy (non-hydrogen) atoms. The maximum absolute atomic E-state index is 12.9. The number of rotatable bonds is 4. The lowest BCUT2D eigenvalue weighted by Gasteiger charge is -2.09. The molecule has 0 atom stereocenters. The summed E-state index contributed by atoms with van der Waals surface area (Å²) in [5.41, 5.74) is -2.43. The number of carbonyl (C=O) groups is 1. The van der Waals surface area contributed by atoms with Crippen LogP contribution in [0.15, 0.2) is 18.2 Å². The number of hydrogen-bond acceptors (Lipinski definition) is 4. The topological polar surface area (TPSA) is 64.4 Å². The molecule has 0 spiro atoms. The van der Waals surface area contributed by atoms with E-state index in [9.17, 15) is 23.1 Å². The third-order valence-electron chi connectivity index (χ3n) is 2.82. The van der Waals surface area contributed by atoms with Crippen LogP contribution in [0.5, 0.6) is 11.6 Å². The molecule has 2 rings (SSSR count). The largest absolute Gasteiger partial charge is 0.493 e. The van der Waals surface area contributed by atoms with Gasteiger partial charge in [-0.2, -0.15) is 18.3 Å². The molecule has 0 amide bonds. The lowest BCUT2D eigenvalue weighted by Crippen LogP contribution is -2.17. The molecule has 0 unspecified atom stereocenters. The van der Waals surface area contributed by atoms with Crippen LogP contribution in [0.3, 0.4) is 0 Å². The van der Waals surface area contributed by atoms with Gasteiger partial charge in [-0.1, -0.05) is 23.2 Å².